The average Bonchev–Trinajstić information content (AvgIpc) is 3.41. The fraction of sp³-hybridized carbons (Fsp3) is 0.286. The van der Waals surface area contributed by atoms with Crippen LogP contribution in [0.3, 0.4) is 0 Å². The van der Waals surface area contributed by atoms with E-state index in [0.29, 0.717) is 32.9 Å². The fourth-order valence-electron chi connectivity index (χ4n) is 2.90. The number of nitrogens with zero attached hydrogens (tertiary/aromatic N) is 1. The molecule has 1 saturated carbocycles. The van der Waals surface area contributed by atoms with E-state index in [9.17, 15) is 14.4 Å². The van der Waals surface area contributed by atoms with Crippen molar-refractivity contribution in [2.24, 2.45) is 11.8 Å². The van der Waals surface area contributed by atoms with E-state index in [4.69, 9.17) is 23.2 Å². The van der Waals surface area contributed by atoms with Crippen molar-refractivity contribution >= 4 is 52.3 Å². The highest BCUT2D eigenvalue weighted by Gasteiger charge is 2.39. The molecule has 0 aromatic heterocycles. The molecule has 1 fully saturated rings. The van der Waals surface area contributed by atoms with Gasteiger partial charge in [0.05, 0.1) is 16.6 Å². The summed E-state index contributed by atoms with van der Waals surface area (Å²) in [6.07, 6.45) is 0.914. The molecular formula is C21H21Cl2N3O3. The number of likely N-dealkylation sites (N-methyl/N-ethyl adjacent to an activating group) is 1. The minimum Gasteiger partial charge on any atom is -0.332 e. The largest absolute Gasteiger partial charge is 0.332 e. The molecule has 0 aliphatic heterocycles. The van der Waals surface area contributed by atoms with Gasteiger partial charge in [-0.3, -0.25) is 14.4 Å². The normalized spacial score (nSPS) is 17.4. The molecule has 29 heavy (non-hydrogen) atoms. The predicted octanol–water partition coefficient (Wildman–Crippen LogP) is 4.30. The summed E-state index contributed by atoms with van der Waals surface area (Å²) < 4.78 is 0. The van der Waals surface area contributed by atoms with Crippen molar-refractivity contribution < 1.29 is 14.4 Å². The molecule has 2 aromatic rings. The van der Waals surface area contributed by atoms with Gasteiger partial charge in [0.25, 0.3) is 5.91 Å². The Kier molecular flexibility index (Phi) is 6.45. The topological polar surface area (TPSA) is 78.5 Å². The Balaban J connectivity index is 1.54. The number of amides is 3. The van der Waals surface area contributed by atoms with E-state index < -0.39 is 0 Å². The summed E-state index contributed by atoms with van der Waals surface area (Å²) in [5.74, 6) is -0.145. The van der Waals surface area contributed by atoms with Gasteiger partial charge in [-0.25, -0.2) is 0 Å². The summed E-state index contributed by atoms with van der Waals surface area (Å²) in [7, 11) is 1.54. The van der Waals surface area contributed by atoms with Crippen LogP contribution in [-0.4, -0.2) is 36.2 Å². The number of carbonyl (C=O) groups is 3. The van der Waals surface area contributed by atoms with Crippen molar-refractivity contribution in [2.45, 2.75) is 13.3 Å². The summed E-state index contributed by atoms with van der Waals surface area (Å²) in [6.45, 7) is 1.91. The number of halogens is 2. The lowest BCUT2D eigenvalue weighted by atomic mass is 10.1. The maximum Gasteiger partial charge on any atom is 0.254 e. The summed E-state index contributed by atoms with van der Waals surface area (Å²) in [5, 5.41) is 6.25. The second-order valence-corrected chi connectivity index (χ2v) is 8.04. The number of hydrogen-bond donors (Lipinski definition) is 2. The average molecular weight is 434 g/mol. The maximum atomic E-state index is 12.5. The Bertz CT molecular complexity index is 947. The number of benzene rings is 2. The van der Waals surface area contributed by atoms with Gasteiger partial charge in [0, 0.05) is 29.9 Å². The zero-order valence-corrected chi connectivity index (χ0v) is 17.6. The SMILES string of the molecule is CC1CC1C(=O)Nc1ccc(C(=O)N(C)CC(=O)Nc2ccc(Cl)c(Cl)c2)cc1. The van der Waals surface area contributed by atoms with Crippen LogP contribution in [0.25, 0.3) is 0 Å². The Morgan fingerprint density at radius 1 is 1.00 bits per heavy atom. The highest BCUT2D eigenvalue weighted by molar-refractivity contribution is 6.42. The molecule has 0 radical (unpaired) electrons. The Labute approximate surface area is 179 Å². The number of anilines is 2. The molecule has 2 unspecified atom stereocenters. The van der Waals surface area contributed by atoms with Gasteiger partial charge in [-0.15, -0.1) is 0 Å². The zero-order chi connectivity index (χ0) is 21.1. The third-order valence-corrected chi connectivity index (χ3v) is 5.52. The van der Waals surface area contributed by atoms with Gasteiger partial charge >= 0.3 is 0 Å². The molecule has 2 aromatic carbocycles. The van der Waals surface area contributed by atoms with E-state index in [1.54, 1.807) is 49.5 Å². The number of hydrogen-bond acceptors (Lipinski definition) is 3. The lowest BCUT2D eigenvalue weighted by Crippen LogP contribution is -2.34. The van der Waals surface area contributed by atoms with Crippen LogP contribution >= 0.6 is 23.2 Å². The first kappa shape index (κ1) is 21.1. The van der Waals surface area contributed by atoms with E-state index in [1.807, 2.05) is 6.92 Å². The number of nitrogens with one attached hydrogen (secondary N) is 2. The van der Waals surface area contributed by atoms with Crippen LogP contribution in [0.4, 0.5) is 11.4 Å². The van der Waals surface area contributed by atoms with E-state index in [2.05, 4.69) is 10.6 Å². The van der Waals surface area contributed by atoms with Gasteiger partial charge in [0.1, 0.15) is 0 Å². The molecule has 1 aliphatic carbocycles. The number of carbonyl (C=O) groups excluding carboxylic acids is 3. The third-order valence-electron chi connectivity index (χ3n) is 4.78. The van der Waals surface area contributed by atoms with Crippen molar-refractivity contribution in [3.63, 3.8) is 0 Å². The third kappa shape index (κ3) is 5.49. The van der Waals surface area contributed by atoms with Crippen LogP contribution in [0.15, 0.2) is 42.5 Å². The molecule has 8 heteroatoms. The first-order chi connectivity index (χ1) is 13.7. The van der Waals surface area contributed by atoms with Crippen LogP contribution < -0.4 is 10.6 Å². The Morgan fingerprint density at radius 2 is 1.62 bits per heavy atom. The van der Waals surface area contributed by atoms with Crippen LogP contribution in [0.2, 0.25) is 10.0 Å². The lowest BCUT2D eigenvalue weighted by Gasteiger charge is -2.17. The Hall–Kier alpha value is -2.57. The molecule has 1 aliphatic rings. The molecule has 0 heterocycles. The van der Waals surface area contributed by atoms with E-state index >= 15 is 0 Å². The molecule has 2 N–H and O–H groups in total. The molecule has 152 valence electrons. The molecule has 0 saturated heterocycles. The molecule has 3 rings (SSSR count). The summed E-state index contributed by atoms with van der Waals surface area (Å²) >= 11 is 11.8. The van der Waals surface area contributed by atoms with Crippen LogP contribution in [0, 0.1) is 11.8 Å². The van der Waals surface area contributed by atoms with Crippen LogP contribution in [-0.2, 0) is 9.59 Å². The zero-order valence-electron chi connectivity index (χ0n) is 16.0. The van der Waals surface area contributed by atoms with E-state index in [1.165, 1.54) is 4.90 Å². The predicted molar refractivity (Wildman–Crippen MR) is 114 cm³/mol. The Morgan fingerprint density at radius 3 is 2.21 bits per heavy atom. The first-order valence-corrected chi connectivity index (χ1v) is 9.91. The van der Waals surface area contributed by atoms with Gasteiger partial charge in [0.15, 0.2) is 0 Å². The number of rotatable bonds is 6. The van der Waals surface area contributed by atoms with Crippen LogP contribution in [0.5, 0.6) is 0 Å². The van der Waals surface area contributed by atoms with Gasteiger partial charge in [-0.1, -0.05) is 30.1 Å². The van der Waals surface area contributed by atoms with Crippen LogP contribution in [0.1, 0.15) is 23.7 Å². The summed E-state index contributed by atoms with van der Waals surface area (Å²) in [5.41, 5.74) is 1.56. The van der Waals surface area contributed by atoms with Crippen molar-refractivity contribution in [1.29, 1.82) is 0 Å². The quantitative estimate of drug-likeness (QED) is 0.712. The van der Waals surface area contributed by atoms with Gasteiger partial charge in [-0.2, -0.15) is 0 Å². The lowest BCUT2D eigenvalue weighted by molar-refractivity contribution is -0.118. The van der Waals surface area contributed by atoms with Gasteiger partial charge in [-0.05, 0) is 54.8 Å². The minimum absolute atomic E-state index is 0.00710. The monoisotopic (exact) mass is 433 g/mol. The van der Waals surface area contributed by atoms with E-state index in [0.717, 1.165) is 6.42 Å². The molecule has 0 bridgehead atoms. The highest BCUT2D eigenvalue weighted by atomic mass is 35.5. The first-order valence-electron chi connectivity index (χ1n) is 9.16. The highest BCUT2D eigenvalue weighted by Crippen LogP contribution is 2.38. The second-order valence-electron chi connectivity index (χ2n) is 7.22. The fourth-order valence-corrected chi connectivity index (χ4v) is 3.20. The van der Waals surface area contributed by atoms with Crippen molar-refractivity contribution in [1.82, 2.24) is 4.90 Å². The maximum absolute atomic E-state index is 12.5. The smallest absolute Gasteiger partial charge is 0.254 e. The minimum atomic E-state index is -0.360. The molecule has 2 atom stereocenters. The standard InChI is InChI=1S/C21H21Cl2N3O3/c1-12-9-16(12)20(28)25-14-5-3-13(4-6-14)21(29)26(2)11-19(27)24-15-7-8-17(22)18(23)10-15/h3-8,10,12,16H,9,11H2,1-2H3,(H,24,27)(H,25,28). The van der Waals surface area contributed by atoms with Gasteiger partial charge in [0.2, 0.25) is 11.8 Å². The molecule has 0 spiro atoms. The van der Waals surface area contributed by atoms with Crippen molar-refractivity contribution in [2.75, 3.05) is 24.2 Å². The molecule has 3 amide bonds. The molecule has 6 nitrogen and oxygen atoms in total. The van der Waals surface area contributed by atoms with Crippen molar-refractivity contribution in [3.05, 3.63) is 58.1 Å². The summed E-state index contributed by atoms with van der Waals surface area (Å²) in [6, 6.07) is 11.4. The second kappa shape index (κ2) is 8.84. The molecular weight excluding hydrogens is 413 g/mol. The van der Waals surface area contributed by atoms with Crippen molar-refractivity contribution in [3.8, 4) is 0 Å². The van der Waals surface area contributed by atoms with E-state index in [-0.39, 0.29) is 30.2 Å². The summed E-state index contributed by atoms with van der Waals surface area (Å²) in [4.78, 5) is 38.0. The van der Waals surface area contributed by atoms with Gasteiger partial charge < -0.3 is 15.5 Å².